The molecule has 0 aliphatic heterocycles. The molecule has 1 amide bonds. The average molecular weight is 299 g/mol. The van der Waals surface area contributed by atoms with Crippen LogP contribution in [0, 0.1) is 0 Å². The van der Waals surface area contributed by atoms with Crippen molar-refractivity contribution < 1.29 is 13.2 Å². The summed E-state index contributed by atoms with van der Waals surface area (Å²) < 4.78 is 27.7. The molecule has 7 heteroatoms. The molecule has 0 aliphatic carbocycles. The quantitative estimate of drug-likeness (QED) is 0.831. The summed E-state index contributed by atoms with van der Waals surface area (Å²) in [5.74, 6) is -0.165. The van der Waals surface area contributed by atoms with Crippen LogP contribution >= 0.6 is 0 Å². The van der Waals surface area contributed by atoms with E-state index in [1.807, 2.05) is 0 Å². The van der Waals surface area contributed by atoms with Gasteiger partial charge in [-0.25, -0.2) is 0 Å². The summed E-state index contributed by atoms with van der Waals surface area (Å²) in [7, 11) is -1.97. The topological polar surface area (TPSA) is 78.5 Å². The van der Waals surface area contributed by atoms with Crippen molar-refractivity contribution in [1.82, 2.24) is 9.03 Å². The third kappa shape index (κ3) is 4.92. The molecule has 0 fully saturated rings. The molecule has 0 aliphatic rings. The Morgan fingerprint density at radius 2 is 2.00 bits per heavy atom. The molecule has 1 aromatic carbocycles. The number of anilines is 1. The molecule has 1 aromatic rings. The lowest BCUT2D eigenvalue weighted by atomic mass is 10.2. The van der Waals surface area contributed by atoms with E-state index in [0.29, 0.717) is 5.69 Å². The van der Waals surface area contributed by atoms with Crippen LogP contribution in [0.5, 0.6) is 0 Å². The van der Waals surface area contributed by atoms with E-state index in [0.717, 1.165) is 5.56 Å². The Balaban J connectivity index is 2.73. The van der Waals surface area contributed by atoms with Gasteiger partial charge in [0.15, 0.2) is 0 Å². The van der Waals surface area contributed by atoms with E-state index in [9.17, 15) is 13.2 Å². The number of hydrogen-bond acceptors (Lipinski definition) is 3. The normalized spacial score (nSPS) is 11.9. The van der Waals surface area contributed by atoms with Gasteiger partial charge >= 0.3 is 0 Å². The largest absolute Gasteiger partial charge is 0.326 e. The van der Waals surface area contributed by atoms with E-state index in [1.54, 1.807) is 38.1 Å². The van der Waals surface area contributed by atoms with Gasteiger partial charge in [0.2, 0.25) is 5.91 Å². The SMILES string of the molecule is CC(=O)Nc1cccc(CNS(=O)(=O)N(C)C(C)C)c1. The summed E-state index contributed by atoms with van der Waals surface area (Å²) in [5.41, 5.74) is 1.42. The summed E-state index contributed by atoms with van der Waals surface area (Å²) in [4.78, 5) is 11.0. The van der Waals surface area contributed by atoms with Gasteiger partial charge in [-0.3, -0.25) is 4.79 Å². The van der Waals surface area contributed by atoms with Crippen molar-refractivity contribution in [2.75, 3.05) is 12.4 Å². The highest BCUT2D eigenvalue weighted by molar-refractivity contribution is 7.87. The van der Waals surface area contributed by atoms with E-state index in [2.05, 4.69) is 10.0 Å². The summed E-state index contributed by atoms with van der Waals surface area (Å²) in [6.07, 6.45) is 0. The van der Waals surface area contributed by atoms with E-state index in [4.69, 9.17) is 0 Å². The van der Waals surface area contributed by atoms with Crippen molar-refractivity contribution in [3.8, 4) is 0 Å². The van der Waals surface area contributed by atoms with Gasteiger partial charge in [-0.15, -0.1) is 0 Å². The van der Waals surface area contributed by atoms with Crippen molar-refractivity contribution >= 4 is 21.8 Å². The van der Waals surface area contributed by atoms with E-state index in [-0.39, 0.29) is 18.5 Å². The number of carbonyl (C=O) groups is 1. The van der Waals surface area contributed by atoms with E-state index < -0.39 is 10.2 Å². The van der Waals surface area contributed by atoms with Crippen LogP contribution in [0.3, 0.4) is 0 Å². The molecule has 20 heavy (non-hydrogen) atoms. The van der Waals surface area contributed by atoms with Gasteiger partial charge in [0, 0.05) is 32.2 Å². The zero-order valence-electron chi connectivity index (χ0n) is 12.2. The minimum Gasteiger partial charge on any atom is -0.326 e. The van der Waals surface area contributed by atoms with Crippen molar-refractivity contribution in [3.63, 3.8) is 0 Å². The fourth-order valence-electron chi connectivity index (χ4n) is 1.52. The highest BCUT2D eigenvalue weighted by atomic mass is 32.2. The van der Waals surface area contributed by atoms with Crippen LogP contribution in [0.15, 0.2) is 24.3 Å². The second-order valence-corrected chi connectivity index (χ2v) is 6.63. The van der Waals surface area contributed by atoms with Crippen LogP contribution in [0.1, 0.15) is 26.3 Å². The third-order valence-corrected chi connectivity index (χ3v) is 4.50. The molecule has 0 aromatic heterocycles. The Labute approximate surface area is 120 Å². The van der Waals surface area contributed by atoms with Crippen LogP contribution in [0.25, 0.3) is 0 Å². The van der Waals surface area contributed by atoms with Gasteiger partial charge in [-0.1, -0.05) is 12.1 Å². The maximum Gasteiger partial charge on any atom is 0.279 e. The van der Waals surface area contributed by atoms with Crippen molar-refractivity contribution in [3.05, 3.63) is 29.8 Å². The Hall–Kier alpha value is -1.44. The van der Waals surface area contributed by atoms with E-state index in [1.165, 1.54) is 18.3 Å². The first-order valence-corrected chi connectivity index (χ1v) is 7.75. The summed E-state index contributed by atoms with van der Waals surface area (Å²) in [5, 5.41) is 2.66. The minimum absolute atomic E-state index is 0.113. The highest BCUT2D eigenvalue weighted by Crippen LogP contribution is 2.11. The minimum atomic E-state index is -3.50. The highest BCUT2D eigenvalue weighted by Gasteiger charge is 2.19. The standard InChI is InChI=1S/C13H21N3O3S/c1-10(2)16(4)20(18,19)14-9-12-6-5-7-13(8-12)15-11(3)17/h5-8,10,14H,9H2,1-4H3,(H,15,17). The molecule has 0 saturated carbocycles. The van der Waals surface area contributed by atoms with Gasteiger partial charge in [0.1, 0.15) is 0 Å². The average Bonchev–Trinajstić information content (AvgIpc) is 2.35. The first kappa shape index (κ1) is 16.6. The van der Waals surface area contributed by atoms with Crippen molar-refractivity contribution in [1.29, 1.82) is 0 Å². The molecule has 2 N–H and O–H groups in total. The zero-order valence-corrected chi connectivity index (χ0v) is 13.0. The molecule has 0 bridgehead atoms. The molecule has 112 valence electrons. The Kier molecular flexibility index (Phi) is 5.67. The smallest absolute Gasteiger partial charge is 0.279 e. The maximum atomic E-state index is 12.0. The number of rotatable bonds is 6. The van der Waals surface area contributed by atoms with Crippen LogP contribution in [-0.2, 0) is 21.5 Å². The number of nitrogens with zero attached hydrogens (tertiary/aromatic N) is 1. The number of nitrogens with one attached hydrogen (secondary N) is 2. The second kappa shape index (κ2) is 6.83. The number of hydrogen-bond donors (Lipinski definition) is 2. The van der Waals surface area contributed by atoms with Crippen LogP contribution < -0.4 is 10.0 Å². The Morgan fingerprint density at radius 3 is 2.55 bits per heavy atom. The second-order valence-electron chi connectivity index (χ2n) is 4.82. The molecule has 0 atom stereocenters. The van der Waals surface area contributed by atoms with Crippen LogP contribution in [0.2, 0.25) is 0 Å². The van der Waals surface area contributed by atoms with Crippen molar-refractivity contribution in [2.45, 2.75) is 33.4 Å². The molecular formula is C13H21N3O3S. The lowest BCUT2D eigenvalue weighted by molar-refractivity contribution is -0.114. The predicted molar refractivity (Wildman–Crippen MR) is 79.4 cm³/mol. The molecule has 1 rings (SSSR count). The Bertz CT molecular complexity index is 570. The number of carbonyl (C=O) groups excluding carboxylic acids is 1. The van der Waals surface area contributed by atoms with Gasteiger partial charge < -0.3 is 5.32 Å². The summed E-state index contributed by atoms with van der Waals surface area (Å²) in [6, 6.07) is 6.93. The Morgan fingerprint density at radius 1 is 1.35 bits per heavy atom. The number of benzene rings is 1. The van der Waals surface area contributed by atoms with E-state index >= 15 is 0 Å². The van der Waals surface area contributed by atoms with Gasteiger partial charge in [-0.2, -0.15) is 17.4 Å². The van der Waals surface area contributed by atoms with Crippen LogP contribution in [-0.4, -0.2) is 31.7 Å². The fraction of sp³-hybridized carbons (Fsp3) is 0.462. The fourth-order valence-corrected chi connectivity index (χ4v) is 2.62. The lowest BCUT2D eigenvalue weighted by Crippen LogP contribution is -2.41. The maximum absolute atomic E-state index is 12.0. The van der Waals surface area contributed by atoms with Gasteiger partial charge in [0.05, 0.1) is 0 Å². The first-order valence-electron chi connectivity index (χ1n) is 6.31. The molecular weight excluding hydrogens is 278 g/mol. The third-order valence-electron chi connectivity index (χ3n) is 2.81. The van der Waals surface area contributed by atoms with Gasteiger partial charge in [-0.05, 0) is 31.5 Å². The molecule has 0 radical (unpaired) electrons. The lowest BCUT2D eigenvalue weighted by Gasteiger charge is -2.21. The molecule has 0 unspecified atom stereocenters. The first-order chi connectivity index (χ1) is 9.22. The molecule has 0 saturated heterocycles. The predicted octanol–water partition coefficient (Wildman–Crippen LogP) is 1.32. The van der Waals surface area contributed by atoms with Gasteiger partial charge in [0.25, 0.3) is 10.2 Å². The summed E-state index contributed by atoms with van der Waals surface area (Å²) >= 11 is 0. The molecule has 0 heterocycles. The number of amides is 1. The van der Waals surface area contributed by atoms with Crippen LogP contribution in [0.4, 0.5) is 5.69 Å². The summed E-state index contributed by atoms with van der Waals surface area (Å²) in [6.45, 7) is 5.20. The molecule has 6 nitrogen and oxygen atoms in total. The monoisotopic (exact) mass is 299 g/mol. The zero-order chi connectivity index (χ0) is 15.3. The molecule has 0 spiro atoms. The van der Waals surface area contributed by atoms with Crippen molar-refractivity contribution in [2.24, 2.45) is 0 Å².